The molecule has 0 aliphatic carbocycles. The first kappa shape index (κ1) is 13.0. The van der Waals surface area contributed by atoms with Crippen molar-refractivity contribution in [2.24, 2.45) is 0 Å². The minimum atomic E-state index is -1.04. The van der Waals surface area contributed by atoms with Gasteiger partial charge in [-0.15, -0.1) is 0 Å². The molecule has 0 spiro atoms. The van der Waals surface area contributed by atoms with Crippen molar-refractivity contribution >= 4 is 11.9 Å². The summed E-state index contributed by atoms with van der Waals surface area (Å²) >= 11 is 0. The highest BCUT2D eigenvalue weighted by Gasteiger charge is 2.19. The number of carboxylic acid groups (broad SMARTS) is 1. The SMILES string of the molecule is CCC[C@@H](NC(=O)c1ccc(O)cc1)C(=O)O. The van der Waals surface area contributed by atoms with Crippen LogP contribution in [0.4, 0.5) is 0 Å². The van der Waals surface area contributed by atoms with E-state index in [1.54, 1.807) is 0 Å². The van der Waals surface area contributed by atoms with Crippen LogP contribution in [0.5, 0.6) is 5.75 Å². The zero-order valence-electron chi connectivity index (χ0n) is 9.51. The first-order chi connectivity index (χ1) is 8.04. The van der Waals surface area contributed by atoms with Crippen LogP contribution in [-0.4, -0.2) is 28.1 Å². The van der Waals surface area contributed by atoms with Crippen molar-refractivity contribution in [1.82, 2.24) is 5.32 Å². The second-order valence-corrected chi connectivity index (χ2v) is 3.70. The summed E-state index contributed by atoms with van der Waals surface area (Å²) in [6.45, 7) is 1.85. The maximum absolute atomic E-state index is 11.7. The molecule has 1 aromatic carbocycles. The molecular formula is C12H15NO4. The van der Waals surface area contributed by atoms with Crippen LogP contribution in [0, 0.1) is 0 Å². The Morgan fingerprint density at radius 1 is 1.29 bits per heavy atom. The van der Waals surface area contributed by atoms with E-state index in [1.165, 1.54) is 24.3 Å². The Balaban J connectivity index is 2.70. The van der Waals surface area contributed by atoms with Crippen LogP contribution in [0.2, 0.25) is 0 Å². The van der Waals surface area contributed by atoms with Gasteiger partial charge in [-0.3, -0.25) is 4.79 Å². The van der Waals surface area contributed by atoms with E-state index in [0.717, 1.165) is 0 Å². The quantitative estimate of drug-likeness (QED) is 0.722. The predicted octanol–water partition coefficient (Wildman–Crippen LogP) is 1.38. The maximum Gasteiger partial charge on any atom is 0.326 e. The number of phenolic OH excluding ortho intramolecular Hbond substituents is 1. The molecule has 1 atom stereocenters. The van der Waals surface area contributed by atoms with E-state index in [9.17, 15) is 9.59 Å². The molecule has 17 heavy (non-hydrogen) atoms. The van der Waals surface area contributed by atoms with Crippen LogP contribution >= 0.6 is 0 Å². The van der Waals surface area contributed by atoms with Gasteiger partial charge in [0.15, 0.2) is 0 Å². The molecule has 0 aliphatic rings. The van der Waals surface area contributed by atoms with E-state index in [4.69, 9.17) is 10.2 Å². The highest BCUT2D eigenvalue weighted by Crippen LogP contribution is 2.10. The molecular weight excluding hydrogens is 222 g/mol. The second-order valence-electron chi connectivity index (χ2n) is 3.70. The largest absolute Gasteiger partial charge is 0.508 e. The Bertz CT molecular complexity index is 399. The molecule has 1 aromatic rings. The summed E-state index contributed by atoms with van der Waals surface area (Å²) in [5, 5.41) is 20.4. The van der Waals surface area contributed by atoms with Crippen molar-refractivity contribution in [2.75, 3.05) is 0 Å². The molecule has 1 amide bonds. The maximum atomic E-state index is 11.7. The summed E-state index contributed by atoms with van der Waals surface area (Å²) in [6.07, 6.45) is 1.06. The van der Waals surface area contributed by atoms with E-state index in [-0.39, 0.29) is 5.75 Å². The lowest BCUT2D eigenvalue weighted by Crippen LogP contribution is -2.40. The number of hydrogen-bond acceptors (Lipinski definition) is 3. The van der Waals surface area contributed by atoms with Crippen LogP contribution in [0.15, 0.2) is 24.3 Å². The van der Waals surface area contributed by atoms with Gasteiger partial charge in [0.1, 0.15) is 11.8 Å². The van der Waals surface area contributed by atoms with Crippen LogP contribution < -0.4 is 5.32 Å². The molecule has 5 nitrogen and oxygen atoms in total. The second kappa shape index (κ2) is 5.89. The van der Waals surface area contributed by atoms with Crippen molar-refractivity contribution < 1.29 is 19.8 Å². The van der Waals surface area contributed by atoms with Crippen molar-refractivity contribution in [3.05, 3.63) is 29.8 Å². The molecule has 0 bridgehead atoms. The summed E-state index contributed by atoms with van der Waals surface area (Å²) in [5.74, 6) is -1.44. The van der Waals surface area contributed by atoms with Crippen molar-refractivity contribution in [2.45, 2.75) is 25.8 Å². The lowest BCUT2D eigenvalue weighted by Gasteiger charge is -2.13. The van der Waals surface area contributed by atoms with E-state index >= 15 is 0 Å². The molecule has 0 aromatic heterocycles. The van der Waals surface area contributed by atoms with Crippen molar-refractivity contribution in [3.8, 4) is 5.75 Å². The van der Waals surface area contributed by atoms with Gasteiger partial charge in [-0.05, 0) is 30.7 Å². The number of rotatable bonds is 5. The van der Waals surface area contributed by atoms with Crippen LogP contribution in [0.1, 0.15) is 30.1 Å². The fraction of sp³-hybridized carbons (Fsp3) is 0.333. The van der Waals surface area contributed by atoms with Gasteiger partial charge < -0.3 is 15.5 Å². The van der Waals surface area contributed by atoms with Crippen molar-refractivity contribution in [1.29, 1.82) is 0 Å². The molecule has 0 aliphatic heterocycles. The Hall–Kier alpha value is -2.04. The smallest absolute Gasteiger partial charge is 0.326 e. The number of carboxylic acids is 1. The third-order valence-electron chi connectivity index (χ3n) is 2.31. The fourth-order valence-corrected chi connectivity index (χ4v) is 1.40. The predicted molar refractivity (Wildman–Crippen MR) is 61.9 cm³/mol. The molecule has 92 valence electrons. The summed E-state index contributed by atoms with van der Waals surface area (Å²) in [5.41, 5.74) is 0.324. The molecule has 3 N–H and O–H groups in total. The summed E-state index contributed by atoms with van der Waals surface area (Å²) in [6, 6.07) is 4.77. The van der Waals surface area contributed by atoms with Crippen LogP contribution in [0.3, 0.4) is 0 Å². The molecule has 0 radical (unpaired) electrons. The first-order valence-corrected chi connectivity index (χ1v) is 5.37. The van der Waals surface area contributed by atoms with Gasteiger partial charge in [0.25, 0.3) is 5.91 Å². The molecule has 0 unspecified atom stereocenters. The first-order valence-electron chi connectivity index (χ1n) is 5.37. The van der Waals surface area contributed by atoms with E-state index in [2.05, 4.69) is 5.32 Å². The number of nitrogens with one attached hydrogen (secondary N) is 1. The van der Waals surface area contributed by atoms with Crippen molar-refractivity contribution in [3.63, 3.8) is 0 Å². The normalized spacial score (nSPS) is 11.8. The Morgan fingerprint density at radius 3 is 2.35 bits per heavy atom. The van der Waals surface area contributed by atoms with E-state index in [0.29, 0.717) is 18.4 Å². The zero-order valence-corrected chi connectivity index (χ0v) is 9.51. The number of carbonyl (C=O) groups is 2. The third-order valence-corrected chi connectivity index (χ3v) is 2.31. The third kappa shape index (κ3) is 3.79. The average Bonchev–Trinajstić information content (AvgIpc) is 2.29. The lowest BCUT2D eigenvalue weighted by molar-refractivity contribution is -0.139. The monoisotopic (exact) mass is 237 g/mol. The number of hydrogen-bond donors (Lipinski definition) is 3. The Morgan fingerprint density at radius 2 is 1.88 bits per heavy atom. The Labute approximate surface area is 99.1 Å². The van der Waals surface area contributed by atoms with Crippen LogP contribution in [0.25, 0.3) is 0 Å². The van der Waals surface area contributed by atoms with Gasteiger partial charge in [-0.2, -0.15) is 0 Å². The number of carbonyl (C=O) groups excluding carboxylic acids is 1. The van der Waals surface area contributed by atoms with Gasteiger partial charge in [0.2, 0.25) is 0 Å². The van der Waals surface area contributed by atoms with Gasteiger partial charge in [0, 0.05) is 5.56 Å². The lowest BCUT2D eigenvalue weighted by atomic mass is 10.1. The number of benzene rings is 1. The number of aliphatic carboxylic acids is 1. The molecule has 0 saturated heterocycles. The Kier molecular flexibility index (Phi) is 4.51. The number of amides is 1. The van der Waals surface area contributed by atoms with E-state index in [1.807, 2.05) is 6.92 Å². The molecule has 0 heterocycles. The van der Waals surface area contributed by atoms with Gasteiger partial charge in [-0.1, -0.05) is 13.3 Å². The molecule has 1 rings (SSSR count). The minimum Gasteiger partial charge on any atom is -0.508 e. The summed E-state index contributed by atoms with van der Waals surface area (Å²) in [4.78, 5) is 22.5. The van der Waals surface area contributed by atoms with Gasteiger partial charge in [-0.25, -0.2) is 4.79 Å². The summed E-state index contributed by atoms with van der Waals surface area (Å²) < 4.78 is 0. The summed E-state index contributed by atoms with van der Waals surface area (Å²) in [7, 11) is 0. The minimum absolute atomic E-state index is 0.0601. The molecule has 0 saturated carbocycles. The van der Waals surface area contributed by atoms with Gasteiger partial charge in [0.05, 0.1) is 0 Å². The highest BCUT2D eigenvalue weighted by atomic mass is 16.4. The zero-order chi connectivity index (χ0) is 12.8. The molecule has 0 fully saturated rings. The highest BCUT2D eigenvalue weighted by molar-refractivity contribution is 5.96. The number of phenols is 1. The average molecular weight is 237 g/mol. The van der Waals surface area contributed by atoms with E-state index < -0.39 is 17.9 Å². The van der Waals surface area contributed by atoms with Crippen LogP contribution in [-0.2, 0) is 4.79 Å². The standard InChI is InChI=1S/C12H15NO4/c1-2-3-10(12(16)17)13-11(15)8-4-6-9(14)7-5-8/h4-7,10,14H,2-3H2,1H3,(H,13,15)(H,16,17)/t10-/m1/s1. The fourth-order valence-electron chi connectivity index (χ4n) is 1.40. The van der Waals surface area contributed by atoms with Gasteiger partial charge >= 0.3 is 5.97 Å². The topological polar surface area (TPSA) is 86.6 Å². The molecule has 5 heteroatoms. The number of aromatic hydroxyl groups is 1.